The number of benzene rings is 3. The highest BCUT2D eigenvalue weighted by Gasteiger charge is 2.32. The minimum absolute atomic E-state index is 0.0360. The van der Waals surface area contributed by atoms with Crippen LogP contribution >= 0.6 is 34.8 Å². The second-order valence-electron chi connectivity index (χ2n) is 10.6. The largest absolute Gasteiger partial charge is 0.457 e. The molecule has 0 saturated heterocycles. The molecule has 1 aliphatic heterocycles. The fourth-order valence-electron chi connectivity index (χ4n) is 4.85. The van der Waals surface area contributed by atoms with Crippen molar-refractivity contribution in [1.82, 2.24) is 0 Å². The topological polar surface area (TPSA) is 72.6 Å². The molecule has 5 nitrogen and oxygen atoms in total. The number of carbonyl (C=O) groups is 2. The Morgan fingerprint density at radius 1 is 1.00 bits per heavy atom. The van der Waals surface area contributed by atoms with Crippen molar-refractivity contribution >= 4 is 52.4 Å². The normalized spacial score (nSPS) is 14.1. The molecule has 1 unspecified atom stereocenters. The Balaban J connectivity index is 1.67. The van der Waals surface area contributed by atoms with Gasteiger partial charge in [-0.2, -0.15) is 0 Å². The van der Waals surface area contributed by atoms with Gasteiger partial charge in [-0.15, -0.1) is 0 Å². The zero-order valence-corrected chi connectivity index (χ0v) is 24.0. The van der Waals surface area contributed by atoms with Gasteiger partial charge in [0, 0.05) is 11.6 Å². The molecule has 0 aliphatic carbocycles. The number of aryl methyl sites for hydroxylation is 1. The van der Waals surface area contributed by atoms with E-state index in [4.69, 9.17) is 45.3 Å². The molecule has 1 amide bonds. The molecule has 1 aliphatic rings. The zero-order chi connectivity index (χ0) is 27.6. The molecular formula is C30H31Cl3N2O3. The third kappa shape index (κ3) is 6.45. The second-order valence-corrected chi connectivity index (χ2v) is 11.9. The standard InChI is InChI=1S/C30H31Cl3N2O3/c1-30(2,3)21-9-6-18(7-10-21)17-38-29(37)23-15-22(31)13-20-5-4-12-35(28(20)23)26(16-27(34)36)19-8-11-24(32)25(33)14-19/h6-11,13-15,26H,4-5,12,16-17H2,1-3H3,(H2,34,36). The molecule has 38 heavy (non-hydrogen) atoms. The zero-order valence-electron chi connectivity index (χ0n) is 21.7. The first-order valence-electron chi connectivity index (χ1n) is 12.5. The Morgan fingerprint density at radius 2 is 1.71 bits per heavy atom. The van der Waals surface area contributed by atoms with Crippen LogP contribution in [0.25, 0.3) is 0 Å². The van der Waals surface area contributed by atoms with Crippen LogP contribution < -0.4 is 10.6 Å². The highest BCUT2D eigenvalue weighted by atomic mass is 35.5. The van der Waals surface area contributed by atoms with E-state index in [1.165, 1.54) is 5.56 Å². The van der Waals surface area contributed by atoms with Gasteiger partial charge in [0.15, 0.2) is 0 Å². The van der Waals surface area contributed by atoms with Gasteiger partial charge in [-0.25, -0.2) is 4.79 Å². The fraction of sp³-hybridized carbons (Fsp3) is 0.333. The first kappa shape index (κ1) is 28.3. The number of halogens is 3. The summed E-state index contributed by atoms with van der Waals surface area (Å²) in [6.07, 6.45) is 1.60. The van der Waals surface area contributed by atoms with Crippen LogP contribution in [0.15, 0.2) is 54.6 Å². The third-order valence-electron chi connectivity index (χ3n) is 6.79. The average molecular weight is 574 g/mol. The predicted molar refractivity (Wildman–Crippen MR) is 154 cm³/mol. The van der Waals surface area contributed by atoms with Crippen molar-refractivity contribution in [3.05, 3.63) is 97.5 Å². The van der Waals surface area contributed by atoms with Gasteiger partial charge < -0.3 is 15.4 Å². The van der Waals surface area contributed by atoms with Gasteiger partial charge >= 0.3 is 5.97 Å². The van der Waals surface area contributed by atoms with Crippen molar-refractivity contribution in [1.29, 1.82) is 0 Å². The Morgan fingerprint density at radius 3 is 2.34 bits per heavy atom. The van der Waals surface area contributed by atoms with Crippen molar-refractivity contribution < 1.29 is 14.3 Å². The molecule has 4 rings (SSSR count). The van der Waals surface area contributed by atoms with Crippen molar-refractivity contribution in [2.75, 3.05) is 11.4 Å². The van der Waals surface area contributed by atoms with Crippen LogP contribution in [0.3, 0.4) is 0 Å². The Labute approximate surface area is 238 Å². The van der Waals surface area contributed by atoms with E-state index in [1.54, 1.807) is 18.2 Å². The van der Waals surface area contributed by atoms with Crippen LogP contribution in [0.2, 0.25) is 15.1 Å². The number of nitrogens with two attached hydrogens (primary N) is 1. The lowest BCUT2D eigenvalue weighted by atomic mass is 9.87. The molecule has 1 heterocycles. The molecule has 3 aromatic rings. The first-order valence-corrected chi connectivity index (χ1v) is 13.7. The molecule has 0 spiro atoms. The number of hydrogen-bond acceptors (Lipinski definition) is 4. The number of hydrogen-bond donors (Lipinski definition) is 1. The average Bonchev–Trinajstić information content (AvgIpc) is 2.86. The number of esters is 1. The number of fused-ring (bicyclic) bond motifs is 1. The quantitative estimate of drug-likeness (QED) is 0.294. The highest BCUT2D eigenvalue weighted by molar-refractivity contribution is 6.42. The molecule has 0 saturated carbocycles. The monoisotopic (exact) mass is 572 g/mol. The lowest BCUT2D eigenvalue weighted by molar-refractivity contribution is -0.118. The number of carbonyl (C=O) groups excluding carboxylic acids is 2. The molecule has 0 bridgehead atoms. The SMILES string of the molecule is CC(C)(C)c1ccc(COC(=O)c2cc(Cl)cc3c2N(C(CC(N)=O)c2ccc(Cl)c(Cl)c2)CCC3)cc1. The molecule has 3 aromatic carbocycles. The summed E-state index contributed by atoms with van der Waals surface area (Å²) in [5.74, 6) is -0.951. The second kappa shape index (κ2) is 11.6. The summed E-state index contributed by atoms with van der Waals surface area (Å²) in [5.41, 5.74) is 10.5. The number of ether oxygens (including phenoxy) is 1. The van der Waals surface area contributed by atoms with Crippen LogP contribution in [-0.4, -0.2) is 18.4 Å². The van der Waals surface area contributed by atoms with Crippen molar-refractivity contribution in [2.45, 2.75) is 58.1 Å². The third-order valence-corrected chi connectivity index (χ3v) is 7.75. The lowest BCUT2D eigenvalue weighted by Gasteiger charge is -2.39. The number of amides is 1. The Bertz CT molecular complexity index is 1350. The maximum absolute atomic E-state index is 13.5. The molecule has 0 fully saturated rings. The Kier molecular flexibility index (Phi) is 8.61. The number of rotatable bonds is 7. The number of nitrogens with zero attached hydrogens (tertiary/aromatic N) is 1. The molecule has 2 N–H and O–H groups in total. The first-order chi connectivity index (χ1) is 17.9. The van der Waals surface area contributed by atoms with E-state index in [-0.39, 0.29) is 18.4 Å². The van der Waals surface area contributed by atoms with E-state index >= 15 is 0 Å². The van der Waals surface area contributed by atoms with E-state index < -0.39 is 17.9 Å². The van der Waals surface area contributed by atoms with Crippen molar-refractivity contribution in [2.24, 2.45) is 5.73 Å². The van der Waals surface area contributed by atoms with E-state index in [0.29, 0.717) is 32.9 Å². The molecule has 0 aromatic heterocycles. The summed E-state index contributed by atoms with van der Waals surface area (Å²) in [4.78, 5) is 27.6. The summed E-state index contributed by atoms with van der Waals surface area (Å²) >= 11 is 18.9. The summed E-state index contributed by atoms with van der Waals surface area (Å²) in [7, 11) is 0. The summed E-state index contributed by atoms with van der Waals surface area (Å²) < 4.78 is 5.76. The van der Waals surface area contributed by atoms with Crippen LogP contribution in [0, 0.1) is 0 Å². The minimum Gasteiger partial charge on any atom is -0.457 e. The van der Waals surface area contributed by atoms with E-state index in [9.17, 15) is 9.59 Å². The van der Waals surface area contributed by atoms with Gasteiger partial charge in [-0.05, 0) is 64.8 Å². The van der Waals surface area contributed by atoms with Gasteiger partial charge in [0.05, 0.1) is 33.8 Å². The van der Waals surface area contributed by atoms with Crippen LogP contribution in [0.1, 0.15) is 72.3 Å². The lowest BCUT2D eigenvalue weighted by Crippen LogP contribution is -2.37. The number of primary amides is 1. The minimum atomic E-state index is -0.484. The van der Waals surface area contributed by atoms with Gasteiger partial charge in [0.2, 0.25) is 5.91 Å². The Hall–Kier alpha value is -2.73. The predicted octanol–water partition coefficient (Wildman–Crippen LogP) is 7.67. The summed E-state index contributed by atoms with van der Waals surface area (Å²) in [5, 5.41) is 1.25. The van der Waals surface area contributed by atoms with Crippen LogP contribution in [-0.2, 0) is 28.0 Å². The summed E-state index contributed by atoms with van der Waals surface area (Å²) in [6, 6.07) is 16.4. The van der Waals surface area contributed by atoms with Crippen molar-refractivity contribution in [3.63, 3.8) is 0 Å². The van der Waals surface area contributed by atoms with Crippen LogP contribution in [0.4, 0.5) is 5.69 Å². The van der Waals surface area contributed by atoms with E-state index in [2.05, 4.69) is 32.9 Å². The molecular weight excluding hydrogens is 543 g/mol. The van der Waals surface area contributed by atoms with E-state index in [1.807, 2.05) is 29.2 Å². The van der Waals surface area contributed by atoms with Gasteiger partial charge in [-0.1, -0.05) is 85.9 Å². The summed E-state index contributed by atoms with van der Waals surface area (Å²) in [6.45, 7) is 7.20. The maximum Gasteiger partial charge on any atom is 0.340 e. The number of anilines is 1. The van der Waals surface area contributed by atoms with Crippen molar-refractivity contribution in [3.8, 4) is 0 Å². The molecule has 0 radical (unpaired) electrons. The van der Waals surface area contributed by atoms with Gasteiger partial charge in [-0.3, -0.25) is 4.79 Å². The fourth-order valence-corrected chi connectivity index (χ4v) is 5.40. The smallest absolute Gasteiger partial charge is 0.340 e. The maximum atomic E-state index is 13.5. The molecule has 200 valence electrons. The van der Waals surface area contributed by atoms with Crippen LogP contribution in [0.5, 0.6) is 0 Å². The van der Waals surface area contributed by atoms with Gasteiger partial charge in [0.1, 0.15) is 6.61 Å². The van der Waals surface area contributed by atoms with Gasteiger partial charge in [0.25, 0.3) is 0 Å². The molecule has 8 heteroatoms. The van der Waals surface area contributed by atoms with E-state index in [0.717, 1.165) is 29.5 Å². The molecule has 1 atom stereocenters. The highest BCUT2D eigenvalue weighted by Crippen LogP contribution is 2.41.